The number of thiocarbonyl (C=S) groups is 1. The fraction of sp³-hybridized carbons (Fsp3) is 0.143. The summed E-state index contributed by atoms with van der Waals surface area (Å²) in [5, 5.41) is 2.83. The number of rotatable bonds is 8. The molecule has 0 amide bonds. The largest absolute Gasteiger partial charge is 0.573 e. The predicted molar refractivity (Wildman–Crippen MR) is 119 cm³/mol. The van der Waals surface area contributed by atoms with Gasteiger partial charge in [0.05, 0.1) is 11.4 Å². The van der Waals surface area contributed by atoms with Crippen molar-refractivity contribution in [1.29, 1.82) is 0 Å². The molecule has 0 unspecified atom stereocenters. The molecule has 2 aromatic carbocycles. The van der Waals surface area contributed by atoms with E-state index in [-0.39, 0.29) is 22.1 Å². The van der Waals surface area contributed by atoms with Gasteiger partial charge >= 0.3 is 6.36 Å². The van der Waals surface area contributed by atoms with Crippen LogP contribution < -0.4 is 15.5 Å². The molecule has 33 heavy (non-hydrogen) atoms. The van der Waals surface area contributed by atoms with Crippen molar-refractivity contribution in [3.63, 3.8) is 0 Å². The first kappa shape index (κ1) is 24.4. The van der Waals surface area contributed by atoms with Crippen molar-refractivity contribution >= 4 is 27.4 Å². The van der Waals surface area contributed by atoms with Gasteiger partial charge in [-0.3, -0.25) is 10.4 Å². The Morgan fingerprint density at radius 1 is 1.00 bits per heavy atom. The van der Waals surface area contributed by atoms with Gasteiger partial charge in [0.25, 0.3) is 10.0 Å². The molecule has 0 aliphatic carbocycles. The highest BCUT2D eigenvalue weighted by molar-refractivity contribution is 7.89. The zero-order valence-electron chi connectivity index (χ0n) is 17.0. The van der Waals surface area contributed by atoms with E-state index in [2.05, 4.69) is 20.5 Å². The van der Waals surface area contributed by atoms with E-state index >= 15 is 0 Å². The first-order valence-electron chi connectivity index (χ1n) is 9.50. The number of hydrogen-bond acceptors (Lipinski definition) is 5. The van der Waals surface area contributed by atoms with Crippen molar-refractivity contribution in [2.24, 2.45) is 0 Å². The summed E-state index contributed by atoms with van der Waals surface area (Å²) < 4.78 is 69.8. The monoisotopic (exact) mass is 496 g/mol. The number of benzene rings is 2. The van der Waals surface area contributed by atoms with Gasteiger partial charge in [-0.05, 0) is 48.1 Å². The van der Waals surface area contributed by atoms with E-state index in [9.17, 15) is 21.6 Å². The number of hydrogen-bond donors (Lipinski definition) is 2. The van der Waals surface area contributed by atoms with E-state index in [0.717, 1.165) is 16.0 Å². The zero-order valence-corrected chi connectivity index (χ0v) is 18.6. The normalized spacial score (nSPS) is 11.8. The lowest BCUT2D eigenvalue weighted by Gasteiger charge is -2.25. The molecule has 0 bridgehead atoms. The lowest BCUT2D eigenvalue weighted by atomic mass is 10.2. The highest BCUT2D eigenvalue weighted by Crippen LogP contribution is 2.28. The third kappa shape index (κ3) is 7.14. The molecular formula is C21H19F3N4O3S2. The van der Waals surface area contributed by atoms with Gasteiger partial charge in [-0.15, -0.1) is 17.6 Å². The van der Waals surface area contributed by atoms with E-state index < -0.39 is 28.7 Å². The second-order valence-corrected chi connectivity index (χ2v) is 8.90. The fourth-order valence-corrected chi connectivity index (χ4v) is 4.27. The minimum atomic E-state index is -4.94. The van der Waals surface area contributed by atoms with Crippen molar-refractivity contribution < 1.29 is 26.3 Å². The van der Waals surface area contributed by atoms with Crippen LogP contribution in [0.5, 0.6) is 5.75 Å². The standard InChI is InChI=1S/C21H19F3N4O3S2/c22-21(23,24)31-19-9-5-4-6-17(19)15-28(33(29,30)18-7-2-1-3-8-18)27-20(32)26-14-16-10-12-25-13-11-16/h1-13H,14-15H2,(H2,26,27,32). The van der Waals surface area contributed by atoms with Crippen LogP contribution in [0.1, 0.15) is 11.1 Å². The van der Waals surface area contributed by atoms with Gasteiger partial charge < -0.3 is 10.1 Å². The molecule has 1 aromatic heterocycles. The van der Waals surface area contributed by atoms with E-state index in [1.165, 1.54) is 42.5 Å². The first-order valence-corrected chi connectivity index (χ1v) is 11.3. The smallest absolute Gasteiger partial charge is 0.405 e. The van der Waals surface area contributed by atoms with E-state index in [4.69, 9.17) is 12.2 Å². The number of alkyl halides is 3. The minimum Gasteiger partial charge on any atom is -0.405 e. The Morgan fingerprint density at radius 2 is 1.64 bits per heavy atom. The summed E-state index contributed by atoms with van der Waals surface area (Å²) in [5.74, 6) is -0.518. The van der Waals surface area contributed by atoms with Crippen LogP contribution in [0.15, 0.2) is 84.0 Å². The molecule has 0 radical (unpaired) electrons. The van der Waals surface area contributed by atoms with Crippen molar-refractivity contribution in [2.45, 2.75) is 24.3 Å². The number of para-hydroxylation sites is 1. The predicted octanol–water partition coefficient (Wildman–Crippen LogP) is 3.75. The molecule has 0 aliphatic rings. The van der Waals surface area contributed by atoms with E-state index in [1.54, 1.807) is 30.6 Å². The molecule has 2 N–H and O–H groups in total. The highest BCUT2D eigenvalue weighted by Gasteiger charge is 2.33. The summed E-state index contributed by atoms with van der Waals surface area (Å²) >= 11 is 5.23. The summed E-state index contributed by atoms with van der Waals surface area (Å²) in [6.45, 7) is -0.206. The van der Waals surface area contributed by atoms with Gasteiger partial charge in [0, 0.05) is 24.5 Å². The summed E-state index contributed by atoms with van der Waals surface area (Å²) in [4.78, 5) is 3.85. The Balaban J connectivity index is 1.86. The maximum atomic E-state index is 13.2. The van der Waals surface area contributed by atoms with Gasteiger partial charge in [0.15, 0.2) is 5.11 Å². The Morgan fingerprint density at radius 3 is 2.30 bits per heavy atom. The lowest BCUT2D eigenvalue weighted by molar-refractivity contribution is -0.275. The molecule has 0 spiro atoms. The molecule has 3 aromatic rings. The van der Waals surface area contributed by atoms with Gasteiger partial charge in [0.1, 0.15) is 5.75 Å². The summed E-state index contributed by atoms with van der Waals surface area (Å²) in [6, 6.07) is 16.2. The molecule has 174 valence electrons. The third-order valence-electron chi connectivity index (χ3n) is 4.27. The molecule has 3 rings (SSSR count). The van der Waals surface area contributed by atoms with Crippen LogP contribution in [0, 0.1) is 0 Å². The van der Waals surface area contributed by atoms with Crippen LogP contribution >= 0.6 is 12.2 Å². The Kier molecular flexibility index (Phi) is 7.84. The van der Waals surface area contributed by atoms with Gasteiger partial charge in [0.2, 0.25) is 0 Å². The van der Waals surface area contributed by atoms with Crippen LogP contribution in [0.2, 0.25) is 0 Å². The molecular weight excluding hydrogens is 477 g/mol. The van der Waals surface area contributed by atoms with Crippen molar-refractivity contribution in [2.75, 3.05) is 0 Å². The van der Waals surface area contributed by atoms with Crippen LogP contribution in [0.4, 0.5) is 13.2 Å². The van der Waals surface area contributed by atoms with Crippen molar-refractivity contribution in [1.82, 2.24) is 20.1 Å². The first-order chi connectivity index (χ1) is 15.6. The number of halogens is 3. The number of hydrazine groups is 1. The van der Waals surface area contributed by atoms with E-state index in [1.807, 2.05) is 0 Å². The molecule has 0 saturated carbocycles. The van der Waals surface area contributed by atoms with Gasteiger partial charge in [-0.25, -0.2) is 8.42 Å². The molecule has 0 atom stereocenters. The van der Waals surface area contributed by atoms with Crippen LogP contribution in [-0.2, 0) is 23.1 Å². The minimum absolute atomic E-state index is 0.0150. The molecule has 7 nitrogen and oxygen atoms in total. The molecule has 12 heteroatoms. The van der Waals surface area contributed by atoms with Crippen LogP contribution in [0.25, 0.3) is 0 Å². The number of nitrogens with zero attached hydrogens (tertiary/aromatic N) is 2. The Hall–Kier alpha value is -3.22. The van der Waals surface area contributed by atoms with Gasteiger partial charge in [-0.2, -0.15) is 0 Å². The summed E-state index contributed by atoms with van der Waals surface area (Å²) in [5.41, 5.74) is 3.41. The quantitative estimate of drug-likeness (QED) is 0.363. The molecule has 0 fully saturated rings. The number of nitrogens with one attached hydrogen (secondary N) is 2. The van der Waals surface area contributed by atoms with Gasteiger partial charge in [-0.1, -0.05) is 36.4 Å². The molecule has 0 aliphatic heterocycles. The maximum absolute atomic E-state index is 13.2. The summed E-state index contributed by atoms with van der Waals surface area (Å²) in [6.07, 6.45) is -1.75. The second-order valence-electron chi connectivity index (χ2n) is 6.63. The van der Waals surface area contributed by atoms with Crippen LogP contribution in [-0.4, -0.2) is 29.3 Å². The number of sulfonamides is 1. The maximum Gasteiger partial charge on any atom is 0.573 e. The number of ether oxygens (including phenoxy) is 1. The highest BCUT2D eigenvalue weighted by atomic mass is 32.2. The lowest BCUT2D eigenvalue weighted by Crippen LogP contribution is -2.49. The van der Waals surface area contributed by atoms with Crippen molar-refractivity contribution in [3.05, 3.63) is 90.3 Å². The van der Waals surface area contributed by atoms with Crippen molar-refractivity contribution in [3.8, 4) is 5.75 Å². The molecule has 1 heterocycles. The Bertz CT molecular complexity index is 1180. The third-order valence-corrected chi connectivity index (χ3v) is 6.18. The molecule has 0 saturated heterocycles. The average Bonchev–Trinajstić information content (AvgIpc) is 2.79. The second kappa shape index (κ2) is 10.6. The van der Waals surface area contributed by atoms with Crippen LogP contribution in [0.3, 0.4) is 0 Å². The SMILES string of the molecule is O=S(=O)(c1ccccc1)N(Cc1ccccc1OC(F)(F)F)NC(=S)NCc1ccncc1. The average molecular weight is 497 g/mol. The number of aromatic nitrogens is 1. The Labute approximate surface area is 194 Å². The topological polar surface area (TPSA) is 83.6 Å². The summed E-state index contributed by atoms with van der Waals surface area (Å²) in [7, 11) is -4.19. The number of pyridine rings is 1. The fourth-order valence-electron chi connectivity index (χ4n) is 2.75. The zero-order chi connectivity index (χ0) is 23.9. The van der Waals surface area contributed by atoms with E-state index in [0.29, 0.717) is 0 Å².